The summed E-state index contributed by atoms with van der Waals surface area (Å²) >= 11 is 0. The number of carbonyl (C=O) groups excluding carboxylic acids is 3. The van der Waals surface area contributed by atoms with Crippen molar-refractivity contribution in [1.29, 1.82) is 0 Å². The van der Waals surface area contributed by atoms with Gasteiger partial charge in [0.2, 0.25) is 0 Å². The Morgan fingerprint density at radius 2 is 1.75 bits per heavy atom. The first kappa shape index (κ1) is 17.3. The van der Waals surface area contributed by atoms with Crippen LogP contribution in [0.5, 0.6) is 11.5 Å². The molecule has 1 fully saturated rings. The largest absolute Gasteiger partial charge is 0.493 e. The van der Waals surface area contributed by atoms with Crippen molar-refractivity contribution in [2.45, 2.75) is 18.9 Å². The van der Waals surface area contributed by atoms with E-state index in [1.165, 1.54) is 26.4 Å². The Morgan fingerprint density at radius 1 is 1.04 bits per heavy atom. The number of hydrogen-bond acceptors (Lipinski definition) is 5. The highest BCUT2D eigenvalue weighted by molar-refractivity contribution is 6.35. The van der Waals surface area contributed by atoms with Gasteiger partial charge in [-0.1, -0.05) is 6.07 Å². The third kappa shape index (κ3) is 5.01. The monoisotopic (exact) mass is 333 g/mol. The number of carbonyl (C=O) groups is 3. The molecule has 1 aromatic carbocycles. The molecule has 3 amide bonds. The molecule has 0 aromatic heterocycles. The van der Waals surface area contributed by atoms with Gasteiger partial charge < -0.3 is 14.8 Å². The van der Waals surface area contributed by atoms with Crippen molar-refractivity contribution in [3.8, 4) is 11.5 Å². The van der Waals surface area contributed by atoms with E-state index < -0.39 is 17.7 Å². The maximum absolute atomic E-state index is 11.7. The summed E-state index contributed by atoms with van der Waals surface area (Å²) in [6.07, 6.45) is 4.51. The lowest BCUT2D eigenvalue weighted by molar-refractivity contribution is -0.140. The molecule has 0 radical (unpaired) electrons. The number of hydrazine groups is 1. The summed E-state index contributed by atoms with van der Waals surface area (Å²) in [5.41, 5.74) is 4.89. The van der Waals surface area contributed by atoms with E-state index in [9.17, 15) is 14.4 Å². The maximum atomic E-state index is 11.7. The molecule has 1 aliphatic rings. The fraction of sp³-hybridized carbons (Fsp3) is 0.312. The minimum atomic E-state index is -0.908. The van der Waals surface area contributed by atoms with Crippen LogP contribution in [0.15, 0.2) is 24.3 Å². The van der Waals surface area contributed by atoms with Crippen LogP contribution in [0.2, 0.25) is 0 Å². The summed E-state index contributed by atoms with van der Waals surface area (Å²) in [4.78, 5) is 34.5. The summed E-state index contributed by atoms with van der Waals surface area (Å²) in [6.45, 7) is 0. The molecule has 0 aliphatic heterocycles. The molecule has 8 heteroatoms. The van der Waals surface area contributed by atoms with Gasteiger partial charge in [0.1, 0.15) is 0 Å². The SMILES string of the molecule is COc1ccc(/C=C/C(=O)NNC(=O)C(=O)NC2CC2)cc1OC. The summed E-state index contributed by atoms with van der Waals surface area (Å²) in [5.74, 6) is -1.13. The second kappa shape index (κ2) is 8.00. The second-order valence-corrected chi connectivity index (χ2v) is 5.14. The second-order valence-electron chi connectivity index (χ2n) is 5.14. The molecule has 1 saturated carbocycles. The summed E-state index contributed by atoms with van der Waals surface area (Å²) in [7, 11) is 3.04. The number of hydrogen-bond donors (Lipinski definition) is 3. The Labute approximate surface area is 139 Å². The Hall–Kier alpha value is -3.03. The zero-order chi connectivity index (χ0) is 17.5. The third-order valence-corrected chi connectivity index (χ3v) is 3.25. The predicted octanol–water partition coefficient (Wildman–Crippen LogP) is 0.143. The van der Waals surface area contributed by atoms with Crippen LogP contribution in [0.4, 0.5) is 0 Å². The van der Waals surface area contributed by atoms with E-state index in [4.69, 9.17) is 9.47 Å². The molecule has 24 heavy (non-hydrogen) atoms. The van der Waals surface area contributed by atoms with E-state index in [0.717, 1.165) is 12.8 Å². The molecule has 1 aromatic rings. The predicted molar refractivity (Wildman–Crippen MR) is 86.0 cm³/mol. The Balaban J connectivity index is 1.83. The van der Waals surface area contributed by atoms with Gasteiger partial charge in [0, 0.05) is 12.1 Å². The highest BCUT2D eigenvalue weighted by Gasteiger charge is 2.26. The summed E-state index contributed by atoms with van der Waals surface area (Å²) in [6, 6.07) is 5.22. The number of rotatable bonds is 5. The fourth-order valence-electron chi connectivity index (χ4n) is 1.82. The van der Waals surface area contributed by atoms with Gasteiger partial charge in [0.25, 0.3) is 5.91 Å². The van der Waals surface area contributed by atoms with Gasteiger partial charge in [0.05, 0.1) is 14.2 Å². The van der Waals surface area contributed by atoms with Crippen LogP contribution in [-0.4, -0.2) is 38.0 Å². The average molecular weight is 333 g/mol. The van der Waals surface area contributed by atoms with Crippen molar-refractivity contribution >= 4 is 23.8 Å². The van der Waals surface area contributed by atoms with Crippen molar-refractivity contribution < 1.29 is 23.9 Å². The van der Waals surface area contributed by atoms with E-state index in [1.807, 2.05) is 5.43 Å². The Morgan fingerprint density at radius 3 is 2.38 bits per heavy atom. The molecule has 0 unspecified atom stereocenters. The van der Waals surface area contributed by atoms with Gasteiger partial charge in [-0.3, -0.25) is 25.2 Å². The van der Waals surface area contributed by atoms with E-state index in [-0.39, 0.29) is 6.04 Å². The van der Waals surface area contributed by atoms with E-state index in [1.54, 1.807) is 18.2 Å². The van der Waals surface area contributed by atoms with Gasteiger partial charge in [-0.15, -0.1) is 0 Å². The molecule has 0 atom stereocenters. The standard InChI is InChI=1S/C16H19N3O5/c1-23-12-7-3-10(9-13(12)24-2)4-8-14(20)18-19-16(22)15(21)17-11-5-6-11/h3-4,7-9,11H,5-6H2,1-2H3,(H,17,21)(H,18,20)(H,19,22)/b8-4+. The number of nitrogens with one attached hydrogen (secondary N) is 3. The van der Waals surface area contributed by atoms with Crippen molar-refractivity contribution in [3.63, 3.8) is 0 Å². The Kier molecular flexibility index (Phi) is 5.78. The van der Waals surface area contributed by atoms with Gasteiger partial charge in [-0.2, -0.15) is 0 Å². The first-order chi connectivity index (χ1) is 11.5. The lowest BCUT2D eigenvalue weighted by Gasteiger charge is -2.07. The van der Waals surface area contributed by atoms with Gasteiger partial charge in [-0.25, -0.2) is 0 Å². The third-order valence-electron chi connectivity index (χ3n) is 3.25. The van der Waals surface area contributed by atoms with Crippen LogP contribution in [0, 0.1) is 0 Å². The molecule has 1 aliphatic carbocycles. The molecule has 0 spiro atoms. The van der Waals surface area contributed by atoms with Gasteiger partial charge in [-0.05, 0) is 36.6 Å². The normalized spacial score (nSPS) is 13.2. The highest BCUT2D eigenvalue weighted by Crippen LogP contribution is 2.27. The minimum absolute atomic E-state index is 0.0731. The van der Waals surface area contributed by atoms with Crippen LogP contribution in [0.3, 0.4) is 0 Å². The van der Waals surface area contributed by atoms with Crippen molar-refractivity contribution in [2.24, 2.45) is 0 Å². The van der Waals surface area contributed by atoms with Crippen molar-refractivity contribution in [1.82, 2.24) is 16.2 Å². The zero-order valence-electron chi connectivity index (χ0n) is 13.4. The van der Waals surface area contributed by atoms with Gasteiger partial charge >= 0.3 is 11.8 Å². The molecule has 2 rings (SSSR count). The first-order valence-corrected chi connectivity index (χ1v) is 7.34. The first-order valence-electron chi connectivity index (χ1n) is 7.34. The van der Waals surface area contributed by atoms with Crippen molar-refractivity contribution in [2.75, 3.05) is 14.2 Å². The molecule has 0 heterocycles. The lowest BCUT2D eigenvalue weighted by atomic mass is 10.2. The summed E-state index contributed by atoms with van der Waals surface area (Å²) < 4.78 is 10.3. The van der Waals surface area contributed by atoms with E-state index >= 15 is 0 Å². The molecule has 3 N–H and O–H groups in total. The van der Waals surface area contributed by atoms with Crippen LogP contribution in [0.1, 0.15) is 18.4 Å². The molecular weight excluding hydrogens is 314 g/mol. The molecule has 0 saturated heterocycles. The minimum Gasteiger partial charge on any atom is -0.493 e. The maximum Gasteiger partial charge on any atom is 0.327 e. The zero-order valence-corrected chi connectivity index (χ0v) is 13.4. The number of amides is 3. The quantitative estimate of drug-likeness (QED) is 0.404. The summed E-state index contributed by atoms with van der Waals surface area (Å²) in [5, 5.41) is 2.51. The van der Waals surface area contributed by atoms with Crippen LogP contribution in [0.25, 0.3) is 6.08 Å². The van der Waals surface area contributed by atoms with Crippen LogP contribution >= 0.6 is 0 Å². The number of ether oxygens (including phenoxy) is 2. The Bertz CT molecular complexity index is 668. The smallest absolute Gasteiger partial charge is 0.327 e. The molecule has 0 bridgehead atoms. The molecule has 8 nitrogen and oxygen atoms in total. The molecular formula is C16H19N3O5. The van der Waals surface area contributed by atoms with E-state index in [0.29, 0.717) is 17.1 Å². The highest BCUT2D eigenvalue weighted by atomic mass is 16.5. The fourth-order valence-corrected chi connectivity index (χ4v) is 1.82. The van der Waals surface area contributed by atoms with E-state index in [2.05, 4.69) is 10.7 Å². The van der Waals surface area contributed by atoms with Gasteiger partial charge in [0.15, 0.2) is 11.5 Å². The lowest BCUT2D eigenvalue weighted by Crippen LogP contribution is -2.48. The average Bonchev–Trinajstić information content (AvgIpc) is 3.41. The number of benzene rings is 1. The van der Waals surface area contributed by atoms with Crippen LogP contribution in [-0.2, 0) is 14.4 Å². The topological polar surface area (TPSA) is 106 Å². The number of methoxy groups -OCH3 is 2. The van der Waals surface area contributed by atoms with Crippen LogP contribution < -0.4 is 25.6 Å². The van der Waals surface area contributed by atoms with Crippen molar-refractivity contribution in [3.05, 3.63) is 29.8 Å². The molecule has 128 valence electrons.